The largest absolute Gasteiger partial charge is 0.360 e. The normalized spacial score (nSPS) is 10.4. The number of hydrogen-bond acceptors (Lipinski definition) is 4. The van der Waals surface area contributed by atoms with Gasteiger partial charge in [0.15, 0.2) is 5.82 Å². The molecule has 6 heteroatoms. The molecule has 0 spiro atoms. The van der Waals surface area contributed by atoms with Crippen LogP contribution in [0.3, 0.4) is 0 Å². The predicted molar refractivity (Wildman–Crippen MR) is 83.8 cm³/mol. The summed E-state index contributed by atoms with van der Waals surface area (Å²) in [4.78, 5) is 25.2. The highest BCUT2D eigenvalue weighted by Gasteiger charge is 2.19. The number of nitrogens with one attached hydrogen (secondary N) is 1. The number of amides is 2. The van der Waals surface area contributed by atoms with Gasteiger partial charge in [0.25, 0.3) is 0 Å². The van der Waals surface area contributed by atoms with E-state index in [-0.39, 0.29) is 18.4 Å². The van der Waals surface area contributed by atoms with E-state index in [0.29, 0.717) is 11.6 Å². The van der Waals surface area contributed by atoms with E-state index in [9.17, 15) is 9.59 Å². The fraction of sp³-hybridized carbons (Fsp3) is 0.312. The van der Waals surface area contributed by atoms with Gasteiger partial charge in [-0.1, -0.05) is 17.3 Å². The fourth-order valence-electron chi connectivity index (χ4n) is 2.05. The monoisotopic (exact) mass is 301 g/mol. The molecular formula is C16H19N3O3. The van der Waals surface area contributed by atoms with Crippen molar-refractivity contribution in [3.05, 3.63) is 41.2 Å². The Labute approximate surface area is 129 Å². The molecule has 0 saturated carbocycles. The van der Waals surface area contributed by atoms with Crippen LogP contribution in [0, 0.1) is 20.8 Å². The molecule has 2 amide bonds. The van der Waals surface area contributed by atoms with Crippen molar-refractivity contribution in [1.82, 2.24) is 5.16 Å². The summed E-state index contributed by atoms with van der Waals surface area (Å²) in [6, 6.07) is 7.30. The third-order valence-electron chi connectivity index (χ3n) is 3.45. The second kappa shape index (κ2) is 6.43. The van der Waals surface area contributed by atoms with Gasteiger partial charge in [-0.25, -0.2) is 0 Å². The molecule has 2 rings (SSSR count). The van der Waals surface area contributed by atoms with Crippen molar-refractivity contribution in [3.63, 3.8) is 0 Å². The van der Waals surface area contributed by atoms with Crippen molar-refractivity contribution < 1.29 is 14.1 Å². The molecule has 0 aliphatic carbocycles. The average Bonchev–Trinajstić information content (AvgIpc) is 2.87. The summed E-state index contributed by atoms with van der Waals surface area (Å²) >= 11 is 0. The first-order valence-electron chi connectivity index (χ1n) is 6.96. The van der Waals surface area contributed by atoms with E-state index >= 15 is 0 Å². The standard InChI is InChI=1S/C16H19N3O3/c1-10-6-5-7-14(12(10)3)17-16(21)9-19(13(4)20)15-8-11(2)22-18-15/h5-8H,9H2,1-4H3,(H,17,21). The molecule has 0 aliphatic heterocycles. The van der Waals surface area contributed by atoms with E-state index in [1.54, 1.807) is 13.0 Å². The van der Waals surface area contributed by atoms with Gasteiger partial charge in [-0.05, 0) is 38.0 Å². The lowest BCUT2D eigenvalue weighted by Crippen LogP contribution is -2.37. The smallest absolute Gasteiger partial charge is 0.244 e. The Balaban J connectivity index is 2.12. The molecule has 0 aliphatic rings. The molecule has 1 N–H and O–H groups in total. The van der Waals surface area contributed by atoms with Gasteiger partial charge < -0.3 is 9.84 Å². The van der Waals surface area contributed by atoms with Crippen molar-refractivity contribution in [1.29, 1.82) is 0 Å². The van der Waals surface area contributed by atoms with Crippen LogP contribution in [-0.4, -0.2) is 23.5 Å². The summed E-state index contributed by atoms with van der Waals surface area (Å²) < 4.78 is 4.95. The zero-order chi connectivity index (χ0) is 16.3. The van der Waals surface area contributed by atoms with Crippen LogP contribution < -0.4 is 10.2 Å². The van der Waals surface area contributed by atoms with Gasteiger partial charge in [-0.15, -0.1) is 0 Å². The summed E-state index contributed by atoms with van der Waals surface area (Å²) in [6.45, 7) is 6.91. The number of hydrogen-bond donors (Lipinski definition) is 1. The highest BCUT2D eigenvalue weighted by Crippen LogP contribution is 2.19. The Morgan fingerprint density at radius 3 is 2.59 bits per heavy atom. The van der Waals surface area contributed by atoms with E-state index in [0.717, 1.165) is 16.8 Å². The van der Waals surface area contributed by atoms with Gasteiger partial charge in [0.05, 0.1) is 0 Å². The average molecular weight is 301 g/mol. The van der Waals surface area contributed by atoms with Crippen molar-refractivity contribution >= 4 is 23.3 Å². The SMILES string of the molecule is CC(=O)N(CC(=O)Nc1cccc(C)c1C)c1cc(C)on1. The number of carbonyl (C=O) groups excluding carboxylic acids is 2. The lowest BCUT2D eigenvalue weighted by Gasteiger charge is -2.18. The highest BCUT2D eigenvalue weighted by atomic mass is 16.5. The molecule has 116 valence electrons. The molecule has 0 atom stereocenters. The number of anilines is 2. The number of carbonyl (C=O) groups is 2. The molecule has 0 saturated heterocycles. The maximum atomic E-state index is 12.2. The first-order chi connectivity index (χ1) is 10.4. The summed E-state index contributed by atoms with van der Waals surface area (Å²) in [5, 5.41) is 6.60. The predicted octanol–water partition coefficient (Wildman–Crippen LogP) is 2.59. The zero-order valence-electron chi connectivity index (χ0n) is 13.1. The summed E-state index contributed by atoms with van der Waals surface area (Å²) in [5.41, 5.74) is 2.83. The van der Waals surface area contributed by atoms with Crippen molar-refractivity contribution in [2.75, 3.05) is 16.8 Å². The minimum Gasteiger partial charge on any atom is -0.360 e. The maximum Gasteiger partial charge on any atom is 0.244 e. The van der Waals surface area contributed by atoms with Gasteiger partial charge in [0.2, 0.25) is 11.8 Å². The molecule has 0 radical (unpaired) electrons. The Bertz CT molecular complexity index is 706. The van der Waals surface area contributed by atoms with Gasteiger partial charge in [0, 0.05) is 18.7 Å². The van der Waals surface area contributed by atoms with Crippen LogP contribution in [0.15, 0.2) is 28.8 Å². The minimum atomic E-state index is -0.287. The Hall–Kier alpha value is -2.63. The van der Waals surface area contributed by atoms with Gasteiger partial charge >= 0.3 is 0 Å². The number of rotatable bonds is 4. The third-order valence-corrected chi connectivity index (χ3v) is 3.45. The van der Waals surface area contributed by atoms with Gasteiger partial charge in [-0.3, -0.25) is 14.5 Å². The lowest BCUT2D eigenvalue weighted by molar-refractivity contribution is -0.120. The van der Waals surface area contributed by atoms with E-state index < -0.39 is 0 Å². The van der Waals surface area contributed by atoms with E-state index in [2.05, 4.69) is 10.5 Å². The topological polar surface area (TPSA) is 75.4 Å². The van der Waals surface area contributed by atoms with E-state index in [1.807, 2.05) is 32.0 Å². The Kier molecular flexibility index (Phi) is 4.60. The Morgan fingerprint density at radius 1 is 1.27 bits per heavy atom. The molecule has 1 heterocycles. The van der Waals surface area contributed by atoms with Crippen LogP contribution in [0.1, 0.15) is 23.8 Å². The number of nitrogens with zero attached hydrogens (tertiary/aromatic N) is 2. The molecular weight excluding hydrogens is 282 g/mol. The number of aryl methyl sites for hydroxylation is 2. The first kappa shape index (κ1) is 15.8. The van der Waals surface area contributed by atoms with Crippen molar-refractivity contribution in [3.8, 4) is 0 Å². The first-order valence-corrected chi connectivity index (χ1v) is 6.96. The fourth-order valence-corrected chi connectivity index (χ4v) is 2.05. The molecule has 0 bridgehead atoms. The molecule has 6 nitrogen and oxygen atoms in total. The molecule has 2 aromatic rings. The van der Waals surface area contributed by atoms with Crippen molar-refractivity contribution in [2.24, 2.45) is 0 Å². The molecule has 0 unspecified atom stereocenters. The number of benzene rings is 1. The van der Waals surface area contributed by atoms with Gasteiger partial charge in [-0.2, -0.15) is 0 Å². The molecule has 0 fully saturated rings. The summed E-state index contributed by atoms with van der Waals surface area (Å²) in [6.07, 6.45) is 0. The van der Waals surface area contributed by atoms with Crippen LogP contribution in [0.5, 0.6) is 0 Å². The maximum absolute atomic E-state index is 12.2. The molecule has 1 aromatic carbocycles. The summed E-state index contributed by atoms with van der Waals surface area (Å²) in [7, 11) is 0. The molecule has 22 heavy (non-hydrogen) atoms. The molecule has 1 aromatic heterocycles. The van der Waals surface area contributed by atoms with E-state index in [4.69, 9.17) is 4.52 Å². The lowest BCUT2D eigenvalue weighted by atomic mass is 10.1. The van der Waals surface area contributed by atoms with Gasteiger partial charge in [0.1, 0.15) is 12.3 Å². The van der Waals surface area contributed by atoms with Crippen LogP contribution in [-0.2, 0) is 9.59 Å². The highest BCUT2D eigenvalue weighted by molar-refractivity contribution is 6.01. The van der Waals surface area contributed by atoms with E-state index in [1.165, 1.54) is 11.8 Å². The zero-order valence-corrected chi connectivity index (χ0v) is 13.1. The third kappa shape index (κ3) is 3.52. The quantitative estimate of drug-likeness (QED) is 0.941. The van der Waals surface area contributed by atoms with Crippen LogP contribution in [0.25, 0.3) is 0 Å². The second-order valence-electron chi connectivity index (χ2n) is 5.20. The number of aromatic nitrogens is 1. The second-order valence-corrected chi connectivity index (χ2v) is 5.20. The van der Waals surface area contributed by atoms with Crippen LogP contribution in [0.4, 0.5) is 11.5 Å². The summed E-state index contributed by atoms with van der Waals surface area (Å²) in [5.74, 6) is 0.353. The minimum absolute atomic E-state index is 0.116. The van der Waals surface area contributed by atoms with Crippen LogP contribution >= 0.6 is 0 Å². The van der Waals surface area contributed by atoms with Crippen LogP contribution in [0.2, 0.25) is 0 Å². The van der Waals surface area contributed by atoms with Crippen molar-refractivity contribution in [2.45, 2.75) is 27.7 Å². The Morgan fingerprint density at radius 2 is 2.00 bits per heavy atom.